The summed E-state index contributed by atoms with van der Waals surface area (Å²) in [6, 6.07) is 7.47. The SMILES string of the molecule is O=C(Nc1cncc(-c2cnc3[nH]nc(-c4nc5c(-c6cccs6)nccc5[nH]4)c3c2F)c1)C1CCC1. The van der Waals surface area contributed by atoms with Crippen molar-refractivity contribution in [2.24, 2.45) is 5.92 Å². The first-order chi connectivity index (χ1) is 18.2. The van der Waals surface area contributed by atoms with E-state index >= 15 is 4.39 Å². The molecule has 0 unspecified atom stereocenters. The lowest BCUT2D eigenvalue weighted by molar-refractivity contribution is -0.122. The van der Waals surface area contributed by atoms with Crippen LogP contribution in [0.2, 0.25) is 0 Å². The van der Waals surface area contributed by atoms with Gasteiger partial charge in [-0.15, -0.1) is 11.3 Å². The van der Waals surface area contributed by atoms with E-state index in [-0.39, 0.29) is 22.8 Å². The van der Waals surface area contributed by atoms with Gasteiger partial charge in [-0.05, 0) is 36.4 Å². The minimum absolute atomic E-state index is 0.0299. The second-order valence-corrected chi connectivity index (χ2v) is 9.93. The largest absolute Gasteiger partial charge is 0.336 e. The third-order valence-corrected chi connectivity index (χ3v) is 7.58. The fourth-order valence-electron chi connectivity index (χ4n) is 4.54. The number of H-pyrrole nitrogens is 2. The topological polar surface area (TPSA) is 125 Å². The Morgan fingerprint density at radius 1 is 1.14 bits per heavy atom. The van der Waals surface area contributed by atoms with Gasteiger partial charge in [0.25, 0.3) is 0 Å². The number of fused-ring (bicyclic) bond motifs is 2. The van der Waals surface area contributed by atoms with Gasteiger partial charge >= 0.3 is 0 Å². The normalized spacial score (nSPS) is 13.8. The van der Waals surface area contributed by atoms with Crippen molar-refractivity contribution in [1.82, 2.24) is 35.1 Å². The number of amides is 1. The second kappa shape index (κ2) is 8.56. The van der Waals surface area contributed by atoms with Crippen LogP contribution in [0.4, 0.5) is 10.1 Å². The third kappa shape index (κ3) is 3.66. The highest BCUT2D eigenvalue weighted by molar-refractivity contribution is 7.13. The van der Waals surface area contributed by atoms with Crippen LogP contribution in [0.15, 0.2) is 54.4 Å². The van der Waals surface area contributed by atoms with E-state index in [4.69, 9.17) is 4.98 Å². The fourth-order valence-corrected chi connectivity index (χ4v) is 5.26. The van der Waals surface area contributed by atoms with Crippen molar-refractivity contribution in [3.63, 3.8) is 0 Å². The maximum absolute atomic E-state index is 16.0. The number of thiophene rings is 1. The molecule has 6 aromatic heterocycles. The third-order valence-electron chi connectivity index (χ3n) is 6.70. The number of anilines is 1. The predicted molar refractivity (Wildman–Crippen MR) is 139 cm³/mol. The molecule has 6 aromatic rings. The molecule has 182 valence electrons. The number of hydrogen-bond donors (Lipinski definition) is 3. The quantitative estimate of drug-likeness (QED) is 0.279. The summed E-state index contributed by atoms with van der Waals surface area (Å²) in [6.07, 6.45) is 9.11. The smallest absolute Gasteiger partial charge is 0.227 e. The molecular weight excluding hydrogens is 491 g/mol. The van der Waals surface area contributed by atoms with E-state index in [2.05, 4.69) is 35.5 Å². The lowest BCUT2D eigenvalue weighted by Gasteiger charge is -2.24. The van der Waals surface area contributed by atoms with Gasteiger partial charge in [-0.3, -0.25) is 19.9 Å². The first-order valence-electron chi connectivity index (χ1n) is 11.8. The van der Waals surface area contributed by atoms with E-state index in [0.29, 0.717) is 33.9 Å². The van der Waals surface area contributed by atoms with Gasteiger partial charge in [-0.1, -0.05) is 12.5 Å². The molecule has 3 N–H and O–H groups in total. The zero-order chi connectivity index (χ0) is 24.9. The van der Waals surface area contributed by atoms with Gasteiger partial charge in [-0.25, -0.2) is 14.4 Å². The number of rotatable bonds is 5. The van der Waals surface area contributed by atoms with Crippen LogP contribution in [0.5, 0.6) is 0 Å². The van der Waals surface area contributed by atoms with E-state index in [1.165, 1.54) is 6.20 Å². The maximum Gasteiger partial charge on any atom is 0.227 e. The molecule has 0 atom stereocenters. The molecule has 0 bridgehead atoms. The Morgan fingerprint density at radius 3 is 2.86 bits per heavy atom. The molecule has 1 amide bonds. The number of carbonyl (C=O) groups excluding carboxylic acids is 1. The highest BCUT2D eigenvalue weighted by Crippen LogP contribution is 2.35. The molecule has 1 aliphatic rings. The Kier molecular flexibility index (Phi) is 5.03. The molecule has 37 heavy (non-hydrogen) atoms. The summed E-state index contributed by atoms with van der Waals surface area (Å²) in [6.45, 7) is 0. The second-order valence-electron chi connectivity index (χ2n) is 8.98. The summed E-state index contributed by atoms with van der Waals surface area (Å²) in [7, 11) is 0. The molecular formula is C26H19FN8OS. The minimum atomic E-state index is -0.505. The summed E-state index contributed by atoms with van der Waals surface area (Å²) in [5.74, 6) is -0.0940. The Bertz CT molecular complexity index is 1790. The van der Waals surface area contributed by atoms with Crippen molar-refractivity contribution in [2.75, 3.05) is 5.32 Å². The number of nitrogens with zero attached hydrogens (tertiary/aromatic N) is 5. The van der Waals surface area contributed by atoms with Crippen LogP contribution in [-0.4, -0.2) is 41.0 Å². The van der Waals surface area contributed by atoms with Crippen LogP contribution in [0.3, 0.4) is 0 Å². The Hall–Kier alpha value is -4.51. The molecule has 9 nitrogen and oxygen atoms in total. The molecule has 0 aliphatic heterocycles. The Labute approximate surface area is 213 Å². The van der Waals surface area contributed by atoms with Gasteiger partial charge in [0.2, 0.25) is 5.91 Å². The number of halogens is 1. The van der Waals surface area contributed by atoms with Crippen molar-refractivity contribution >= 4 is 45.0 Å². The van der Waals surface area contributed by atoms with Crippen LogP contribution in [-0.2, 0) is 4.79 Å². The van der Waals surface area contributed by atoms with Gasteiger partial charge in [0, 0.05) is 35.6 Å². The fraction of sp³-hybridized carbons (Fsp3) is 0.154. The number of carbonyl (C=O) groups is 1. The monoisotopic (exact) mass is 510 g/mol. The number of nitrogens with one attached hydrogen (secondary N) is 3. The summed E-state index contributed by atoms with van der Waals surface area (Å²) < 4.78 is 16.0. The van der Waals surface area contributed by atoms with Gasteiger partial charge < -0.3 is 10.3 Å². The van der Waals surface area contributed by atoms with E-state index in [1.54, 1.807) is 36.0 Å². The number of hydrogen-bond acceptors (Lipinski definition) is 7. The Balaban J connectivity index is 1.30. The van der Waals surface area contributed by atoms with Gasteiger partial charge in [0.15, 0.2) is 11.5 Å². The van der Waals surface area contributed by atoms with E-state index in [1.807, 2.05) is 23.6 Å². The predicted octanol–water partition coefficient (Wildman–Crippen LogP) is 5.56. The summed E-state index contributed by atoms with van der Waals surface area (Å²) in [5, 5.41) is 12.2. The lowest BCUT2D eigenvalue weighted by Crippen LogP contribution is -2.28. The molecule has 7 rings (SSSR count). The molecule has 0 spiro atoms. The molecule has 6 heterocycles. The lowest BCUT2D eigenvalue weighted by atomic mass is 9.85. The molecule has 0 radical (unpaired) electrons. The van der Waals surface area contributed by atoms with Gasteiger partial charge in [0.05, 0.1) is 27.7 Å². The van der Waals surface area contributed by atoms with Crippen molar-refractivity contribution in [1.29, 1.82) is 0 Å². The molecule has 11 heteroatoms. The molecule has 1 saturated carbocycles. The molecule has 0 saturated heterocycles. The number of imidazole rings is 1. The highest BCUT2D eigenvalue weighted by Gasteiger charge is 2.26. The zero-order valence-corrected chi connectivity index (χ0v) is 20.1. The zero-order valence-electron chi connectivity index (χ0n) is 19.3. The average Bonchev–Trinajstić information content (AvgIpc) is 3.62. The van der Waals surface area contributed by atoms with Crippen LogP contribution in [0.25, 0.3) is 55.3 Å². The summed E-state index contributed by atoms with van der Waals surface area (Å²) in [4.78, 5) is 34.4. The number of aromatic nitrogens is 7. The van der Waals surface area contributed by atoms with Gasteiger partial charge in [-0.2, -0.15) is 5.10 Å². The van der Waals surface area contributed by atoms with Crippen molar-refractivity contribution in [3.05, 3.63) is 60.3 Å². The van der Waals surface area contributed by atoms with E-state index in [9.17, 15) is 4.79 Å². The number of aromatic amines is 2. The summed E-state index contributed by atoms with van der Waals surface area (Å²) in [5.41, 5.74) is 4.09. The first kappa shape index (κ1) is 21.7. The Morgan fingerprint density at radius 2 is 2.05 bits per heavy atom. The molecule has 1 aliphatic carbocycles. The summed E-state index contributed by atoms with van der Waals surface area (Å²) >= 11 is 1.57. The van der Waals surface area contributed by atoms with E-state index < -0.39 is 5.82 Å². The van der Waals surface area contributed by atoms with Crippen molar-refractivity contribution in [2.45, 2.75) is 19.3 Å². The van der Waals surface area contributed by atoms with Crippen molar-refractivity contribution in [3.8, 4) is 33.2 Å². The van der Waals surface area contributed by atoms with Crippen molar-refractivity contribution < 1.29 is 9.18 Å². The maximum atomic E-state index is 16.0. The van der Waals surface area contributed by atoms with Gasteiger partial charge in [0.1, 0.15) is 22.7 Å². The van der Waals surface area contributed by atoms with E-state index in [0.717, 1.165) is 35.4 Å². The minimum Gasteiger partial charge on any atom is -0.336 e. The average molecular weight is 511 g/mol. The first-order valence-corrected chi connectivity index (χ1v) is 12.7. The molecule has 1 fully saturated rings. The number of pyridine rings is 3. The van der Waals surface area contributed by atoms with Crippen LogP contribution in [0, 0.1) is 11.7 Å². The van der Waals surface area contributed by atoms with Crippen LogP contribution >= 0.6 is 11.3 Å². The highest BCUT2D eigenvalue weighted by atomic mass is 32.1. The standard InChI is InChI=1S/C26H19FN8OS/c27-20-16(14-9-15(11-28-10-14)31-26(36)13-3-1-4-13)12-30-24-19(20)23(34-35-24)25-32-17-6-7-29-22(21(17)33-25)18-5-2-8-37-18/h2,5-13H,1,3-4H2,(H,31,36)(H,32,33)(H,30,34,35). The van der Waals surface area contributed by atoms with Crippen LogP contribution in [0.1, 0.15) is 19.3 Å². The molecule has 0 aromatic carbocycles. The van der Waals surface area contributed by atoms with Crippen LogP contribution < -0.4 is 5.32 Å².